The van der Waals surface area contributed by atoms with Crippen molar-refractivity contribution < 1.29 is 9.47 Å². The average molecular weight is 228 g/mol. The summed E-state index contributed by atoms with van der Waals surface area (Å²) in [4.78, 5) is 0. The number of hydrogen-bond acceptors (Lipinski definition) is 3. The van der Waals surface area contributed by atoms with Crippen molar-refractivity contribution in [3.05, 3.63) is 23.8 Å². The summed E-state index contributed by atoms with van der Waals surface area (Å²) in [5, 5.41) is 3.47. The Balaban J connectivity index is 0.000000853. The molecule has 1 heterocycles. The molecule has 1 aliphatic carbocycles. The lowest BCUT2D eigenvalue weighted by Crippen LogP contribution is -2.15. The molecular weight excluding hydrogens is 214 g/mol. The van der Waals surface area contributed by atoms with Gasteiger partial charge in [0.1, 0.15) is 0 Å². The Kier molecular flexibility index (Phi) is 3.03. The van der Waals surface area contributed by atoms with Crippen LogP contribution in [-0.2, 0) is 6.54 Å². The van der Waals surface area contributed by atoms with Crippen LogP contribution < -0.4 is 14.8 Å². The summed E-state index contributed by atoms with van der Waals surface area (Å²) in [5.41, 5.74) is 1.26. The first kappa shape index (κ1) is 10.6. The molecule has 15 heavy (non-hydrogen) atoms. The third-order valence-corrected chi connectivity index (χ3v) is 2.61. The Morgan fingerprint density at radius 1 is 1.20 bits per heavy atom. The number of nitrogens with one attached hydrogen (secondary N) is 1. The van der Waals surface area contributed by atoms with E-state index in [1.165, 1.54) is 18.4 Å². The first-order valence-electron chi connectivity index (χ1n) is 5.04. The Morgan fingerprint density at radius 3 is 2.80 bits per heavy atom. The summed E-state index contributed by atoms with van der Waals surface area (Å²) in [6.45, 7) is 1.29. The van der Waals surface area contributed by atoms with Crippen LogP contribution in [0.3, 0.4) is 0 Å². The van der Waals surface area contributed by atoms with Gasteiger partial charge in [-0.05, 0) is 30.5 Å². The van der Waals surface area contributed by atoms with E-state index >= 15 is 0 Å². The van der Waals surface area contributed by atoms with E-state index < -0.39 is 0 Å². The first-order valence-corrected chi connectivity index (χ1v) is 5.04. The minimum Gasteiger partial charge on any atom is -0.454 e. The van der Waals surface area contributed by atoms with Crippen LogP contribution in [0.5, 0.6) is 11.5 Å². The zero-order valence-electron chi connectivity index (χ0n) is 8.36. The maximum absolute atomic E-state index is 5.31. The zero-order valence-corrected chi connectivity index (χ0v) is 9.18. The molecule has 2 aliphatic rings. The standard InChI is InChI=1S/C11H13NO2.ClH/c1-4-10-11(14-7-13-10)5-8(1)6-12-9-2-3-9;/h1,4-5,9,12H,2-3,6-7H2;1H. The van der Waals surface area contributed by atoms with Gasteiger partial charge in [-0.2, -0.15) is 0 Å². The predicted octanol–water partition coefficient (Wildman–Crippen LogP) is 2.09. The molecule has 0 aromatic heterocycles. The molecular formula is C11H14ClNO2. The molecule has 1 aliphatic heterocycles. The lowest BCUT2D eigenvalue weighted by atomic mass is 10.2. The molecule has 1 aromatic carbocycles. The van der Waals surface area contributed by atoms with Crippen molar-refractivity contribution >= 4 is 12.4 Å². The molecule has 0 saturated heterocycles. The number of halogens is 1. The summed E-state index contributed by atoms with van der Waals surface area (Å²) in [6.07, 6.45) is 2.65. The van der Waals surface area contributed by atoms with E-state index in [1.807, 2.05) is 6.07 Å². The molecule has 0 amide bonds. The lowest BCUT2D eigenvalue weighted by molar-refractivity contribution is 0.174. The molecule has 82 valence electrons. The van der Waals surface area contributed by atoms with Gasteiger partial charge in [-0.15, -0.1) is 12.4 Å². The maximum Gasteiger partial charge on any atom is 0.231 e. The van der Waals surface area contributed by atoms with E-state index in [0.717, 1.165) is 24.1 Å². The Bertz CT molecular complexity index is 352. The van der Waals surface area contributed by atoms with Crippen molar-refractivity contribution in [2.24, 2.45) is 0 Å². The van der Waals surface area contributed by atoms with Crippen LogP contribution in [0.2, 0.25) is 0 Å². The van der Waals surface area contributed by atoms with Crippen molar-refractivity contribution in [3.8, 4) is 11.5 Å². The molecule has 0 bridgehead atoms. The lowest BCUT2D eigenvalue weighted by Gasteiger charge is -2.03. The van der Waals surface area contributed by atoms with Gasteiger partial charge in [-0.25, -0.2) is 0 Å². The van der Waals surface area contributed by atoms with E-state index in [-0.39, 0.29) is 12.4 Å². The van der Waals surface area contributed by atoms with Gasteiger partial charge in [-0.1, -0.05) is 6.07 Å². The monoisotopic (exact) mass is 227 g/mol. The SMILES string of the molecule is Cl.c1cc2c(cc1CNC1CC1)OCO2. The predicted molar refractivity (Wildman–Crippen MR) is 59.7 cm³/mol. The third kappa shape index (κ3) is 2.36. The van der Waals surface area contributed by atoms with Crippen molar-refractivity contribution in [2.45, 2.75) is 25.4 Å². The fourth-order valence-corrected chi connectivity index (χ4v) is 1.60. The van der Waals surface area contributed by atoms with Crippen LogP contribution in [0.25, 0.3) is 0 Å². The van der Waals surface area contributed by atoms with Gasteiger partial charge in [-0.3, -0.25) is 0 Å². The largest absolute Gasteiger partial charge is 0.454 e. The number of fused-ring (bicyclic) bond motifs is 1. The summed E-state index contributed by atoms with van der Waals surface area (Å²) >= 11 is 0. The fraction of sp³-hybridized carbons (Fsp3) is 0.455. The molecule has 0 spiro atoms. The number of hydrogen-bond donors (Lipinski definition) is 1. The Hall–Kier alpha value is -0.930. The molecule has 3 rings (SSSR count). The highest BCUT2D eigenvalue weighted by molar-refractivity contribution is 5.85. The van der Waals surface area contributed by atoms with E-state index in [2.05, 4.69) is 17.4 Å². The van der Waals surface area contributed by atoms with E-state index in [4.69, 9.17) is 9.47 Å². The van der Waals surface area contributed by atoms with Gasteiger partial charge in [0, 0.05) is 12.6 Å². The third-order valence-electron chi connectivity index (χ3n) is 2.61. The molecule has 0 radical (unpaired) electrons. The van der Waals surface area contributed by atoms with Crippen LogP contribution in [0.1, 0.15) is 18.4 Å². The summed E-state index contributed by atoms with van der Waals surface area (Å²) in [5.74, 6) is 1.74. The minimum absolute atomic E-state index is 0. The van der Waals surface area contributed by atoms with Gasteiger partial charge >= 0.3 is 0 Å². The second kappa shape index (κ2) is 4.29. The molecule has 4 heteroatoms. The highest BCUT2D eigenvalue weighted by Crippen LogP contribution is 2.32. The molecule has 1 N–H and O–H groups in total. The molecule has 3 nitrogen and oxygen atoms in total. The van der Waals surface area contributed by atoms with Crippen molar-refractivity contribution in [3.63, 3.8) is 0 Å². The van der Waals surface area contributed by atoms with Gasteiger partial charge in [0.2, 0.25) is 6.79 Å². The quantitative estimate of drug-likeness (QED) is 0.858. The topological polar surface area (TPSA) is 30.5 Å². The zero-order chi connectivity index (χ0) is 9.38. The Labute approximate surface area is 95.2 Å². The highest BCUT2D eigenvalue weighted by atomic mass is 35.5. The maximum atomic E-state index is 5.31. The first-order chi connectivity index (χ1) is 6.92. The molecule has 1 aromatic rings. The smallest absolute Gasteiger partial charge is 0.231 e. The summed E-state index contributed by atoms with van der Waals surface area (Å²) in [7, 11) is 0. The van der Waals surface area contributed by atoms with Gasteiger partial charge in [0.15, 0.2) is 11.5 Å². The van der Waals surface area contributed by atoms with Gasteiger partial charge in [0.05, 0.1) is 0 Å². The molecule has 0 atom stereocenters. The second-order valence-corrected chi connectivity index (χ2v) is 3.84. The van der Waals surface area contributed by atoms with Gasteiger partial charge < -0.3 is 14.8 Å². The highest BCUT2D eigenvalue weighted by Gasteiger charge is 2.20. The Morgan fingerprint density at radius 2 is 2.00 bits per heavy atom. The van der Waals surface area contributed by atoms with Crippen LogP contribution in [-0.4, -0.2) is 12.8 Å². The van der Waals surface area contributed by atoms with Crippen molar-refractivity contribution in [2.75, 3.05) is 6.79 Å². The minimum atomic E-state index is 0. The average Bonchev–Trinajstić information content (AvgIpc) is 2.92. The molecule has 1 fully saturated rings. The molecule has 0 unspecified atom stereocenters. The summed E-state index contributed by atoms with van der Waals surface area (Å²) in [6, 6.07) is 6.87. The van der Waals surface area contributed by atoms with E-state index in [9.17, 15) is 0 Å². The number of benzene rings is 1. The van der Waals surface area contributed by atoms with E-state index in [1.54, 1.807) is 0 Å². The van der Waals surface area contributed by atoms with Crippen molar-refractivity contribution in [1.82, 2.24) is 5.32 Å². The normalized spacial score (nSPS) is 17.3. The van der Waals surface area contributed by atoms with Crippen LogP contribution in [0.4, 0.5) is 0 Å². The number of rotatable bonds is 3. The van der Waals surface area contributed by atoms with Crippen LogP contribution >= 0.6 is 12.4 Å². The van der Waals surface area contributed by atoms with E-state index in [0.29, 0.717) is 6.79 Å². The van der Waals surface area contributed by atoms with Crippen LogP contribution in [0, 0.1) is 0 Å². The summed E-state index contributed by atoms with van der Waals surface area (Å²) < 4.78 is 10.6. The fourth-order valence-electron chi connectivity index (χ4n) is 1.60. The van der Waals surface area contributed by atoms with Gasteiger partial charge in [0.25, 0.3) is 0 Å². The number of ether oxygens (including phenoxy) is 2. The molecule has 1 saturated carbocycles. The second-order valence-electron chi connectivity index (χ2n) is 3.84. The van der Waals surface area contributed by atoms with Crippen LogP contribution in [0.15, 0.2) is 18.2 Å². The van der Waals surface area contributed by atoms with Crippen molar-refractivity contribution in [1.29, 1.82) is 0 Å².